The van der Waals surface area contributed by atoms with Gasteiger partial charge in [0.25, 0.3) is 11.8 Å². The van der Waals surface area contributed by atoms with Gasteiger partial charge in [0, 0.05) is 22.1 Å². The molecule has 7 heteroatoms. The summed E-state index contributed by atoms with van der Waals surface area (Å²) in [5, 5.41) is 2.56. The minimum absolute atomic E-state index is 0.144. The molecule has 0 N–H and O–H groups in total. The number of hydrogen-bond donors (Lipinski definition) is 0. The summed E-state index contributed by atoms with van der Waals surface area (Å²) < 4.78 is 18.5. The Balaban J connectivity index is 1.51. The number of aromatic nitrogens is 1. The number of fused-ring (bicyclic) bond motifs is 1. The molecule has 0 spiro atoms. The van der Waals surface area contributed by atoms with Crippen LogP contribution >= 0.6 is 11.3 Å². The van der Waals surface area contributed by atoms with Crippen LogP contribution < -0.4 is 4.74 Å². The number of halogens is 1. The van der Waals surface area contributed by atoms with Gasteiger partial charge in [-0.25, -0.2) is 9.37 Å². The van der Waals surface area contributed by atoms with E-state index in [0.717, 1.165) is 16.1 Å². The molecule has 1 aliphatic heterocycles. The van der Waals surface area contributed by atoms with E-state index in [9.17, 15) is 14.0 Å². The van der Waals surface area contributed by atoms with E-state index in [-0.39, 0.29) is 24.2 Å². The van der Waals surface area contributed by atoms with Crippen LogP contribution in [0.25, 0.3) is 22.2 Å². The maximum atomic E-state index is 13.5. The quantitative estimate of drug-likeness (QED) is 0.278. The number of ether oxygens (including phenoxy) is 1. The van der Waals surface area contributed by atoms with Crippen LogP contribution in [-0.2, 0) is 11.3 Å². The van der Waals surface area contributed by atoms with E-state index in [1.165, 1.54) is 28.4 Å². The van der Waals surface area contributed by atoms with Gasteiger partial charge < -0.3 is 4.74 Å². The Bertz CT molecular complexity index is 1410. The van der Waals surface area contributed by atoms with E-state index in [2.05, 4.69) is 4.98 Å². The van der Waals surface area contributed by atoms with Crippen molar-refractivity contribution in [2.75, 3.05) is 7.11 Å². The summed E-state index contributed by atoms with van der Waals surface area (Å²) in [6.45, 7) is 0.144. The van der Waals surface area contributed by atoms with Crippen LogP contribution in [-0.4, -0.2) is 28.8 Å². The van der Waals surface area contributed by atoms with Crippen LogP contribution in [0.15, 0.2) is 78.2 Å². The molecule has 5 nitrogen and oxygen atoms in total. The first kappa shape index (κ1) is 21.7. The second kappa shape index (κ2) is 9.03. The summed E-state index contributed by atoms with van der Waals surface area (Å²) in [6, 6.07) is 20.5. The molecule has 0 unspecified atom stereocenters. The van der Waals surface area contributed by atoms with Crippen molar-refractivity contribution in [3.8, 4) is 16.3 Å². The fourth-order valence-electron chi connectivity index (χ4n) is 3.82. The molecule has 0 aliphatic carbocycles. The van der Waals surface area contributed by atoms with Crippen molar-refractivity contribution in [2.45, 2.75) is 6.54 Å². The predicted molar refractivity (Wildman–Crippen MR) is 130 cm³/mol. The molecule has 34 heavy (non-hydrogen) atoms. The molecular formula is C27H19FN2O3S. The number of carbonyl (C=O) groups is 2. The number of nitrogens with zero attached hydrogens (tertiary/aromatic N) is 2. The molecule has 5 rings (SSSR count). The average Bonchev–Trinajstić information content (AvgIpc) is 3.34. The summed E-state index contributed by atoms with van der Waals surface area (Å²) in [6.07, 6.45) is 1.71. The average molecular weight is 471 g/mol. The van der Waals surface area contributed by atoms with Crippen molar-refractivity contribution in [2.24, 2.45) is 0 Å². The second-order valence-electron chi connectivity index (χ2n) is 7.73. The maximum absolute atomic E-state index is 13.5. The summed E-state index contributed by atoms with van der Waals surface area (Å²) in [7, 11) is 1.58. The van der Waals surface area contributed by atoms with Gasteiger partial charge >= 0.3 is 0 Å². The minimum Gasteiger partial charge on any atom is -0.497 e. The number of benzene rings is 3. The minimum atomic E-state index is -0.379. The number of imide groups is 1. The van der Waals surface area contributed by atoms with E-state index in [1.54, 1.807) is 61.7 Å². The van der Waals surface area contributed by atoms with Crippen molar-refractivity contribution in [3.63, 3.8) is 0 Å². The van der Waals surface area contributed by atoms with Crippen LogP contribution in [0.2, 0.25) is 0 Å². The Kier molecular flexibility index (Phi) is 5.77. The Morgan fingerprint density at radius 3 is 2.35 bits per heavy atom. The number of rotatable bonds is 5. The van der Waals surface area contributed by atoms with Crippen molar-refractivity contribution in [1.29, 1.82) is 0 Å². The molecule has 1 aromatic heterocycles. The topological polar surface area (TPSA) is 59.5 Å². The van der Waals surface area contributed by atoms with Crippen molar-refractivity contribution < 1.29 is 18.7 Å². The van der Waals surface area contributed by atoms with Gasteiger partial charge in [-0.3, -0.25) is 14.5 Å². The molecule has 0 saturated carbocycles. The fourth-order valence-corrected chi connectivity index (χ4v) is 4.61. The Hall–Kier alpha value is -4.10. The molecule has 0 bridgehead atoms. The number of methoxy groups -OCH3 is 1. The van der Waals surface area contributed by atoms with Gasteiger partial charge in [0.15, 0.2) is 0 Å². The molecule has 0 atom stereocenters. The lowest BCUT2D eigenvalue weighted by atomic mass is 9.92. The highest BCUT2D eigenvalue weighted by atomic mass is 32.1. The smallest absolute Gasteiger partial charge is 0.261 e. The highest BCUT2D eigenvalue weighted by molar-refractivity contribution is 7.13. The Morgan fingerprint density at radius 2 is 1.65 bits per heavy atom. The first-order valence-electron chi connectivity index (χ1n) is 10.5. The Labute approximate surface area is 199 Å². The third-order valence-corrected chi connectivity index (χ3v) is 6.48. The zero-order valence-corrected chi connectivity index (χ0v) is 19.0. The van der Waals surface area contributed by atoms with Crippen LogP contribution in [0, 0.1) is 5.82 Å². The molecular weight excluding hydrogens is 451 g/mol. The molecule has 0 radical (unpaired) electrons. The van der Waals surface area contributed by atoms with Gasteiger partial charge in [-0.05, 0) is 54.1 Å². The monoisotopic (exact) mass is 470 g/mol. The molecule has 0 fully saturated rings. The van der Waals surface area contributed by atoms with E-state index >= 15 is 0 Å². The van der Waals surface area contributed by atoms with Crippen molar-refractivity contribution in [1.82, 2.24) is 9.88 Å². The van der Waals surface area contributed by atoms with E-state index in [1.807, 2.05) is 17.5 Å². The van der Waals surface area contributed by atoms with Crippen molar-refractivity contribution in [3.05, 3.63) is 106 Å². The third kappa shape index (κ3) is 4.13. The van der Waals surface area contributed by atoms with Crippen LogP contribution in [0.4, 0.5) is 4.39 Å². The van der Waals surface area contributed by atoms with E-state index < -0.39 is 0 Å². The zero-order chi connectivity index (χ0) is 23.7. The molecule has 2 heterocycles. The highest BCUT2D eigenvalue weighted by Crippen LogP contribution is 2.33. The lowest BCUT2D eigenvalue weighted by Crippen LogP contribution is -2.41. The normalized spacial score (nSPS) is 14.4. The van der Waals surface area contributed by atoms with Gasteiger partial charge in [0.1, 0.15) is 16.6 Å². The molecule has 3 aromatic carbocycles. The zero-order valence-electron chi connectivity index (χ0n) is 18.2. The second-order valence-corrected chi connectivity index (χ2v) is 8.59. The summed E-state index contributed by atoms with van der Waals surface area (Å²) in [5.74, 6) is -0.324. The van der Waals surface area contributed by atoms with E-state index in [4.69, 9.17) is 4.74 Å². The van der Waals surface area contributed by atoms with Gasteiger partial charge in [-0.1, -0.05) is 30.3 Å². The van der Waals surface area contributed by atoms with Gasteiger partial charge in [-0.15, -0.1) is 11.3 Å². The van der Waals surface area contributed by atoms with E-state index in [0.29, 0.717) is 28.1 Å². The number of carbonyl (C=O) groups excluding carboxylic acids is 2. The summed E-state index contributed by atoms with van der Waals surface area (Å²) >= 11 is 1.41. The van der Waals surface area contributed by atoms with Crippen LogP contribution in [0.5, 0.6) is 5.75 Å². The molecule has 2 amide bonds. The lowest BCUT2D eigenvalue weighted by molar-refractivity contribution is -0.123. The molecule has 168 valence electrons. The molecule has 4 aromatic rings. The maximum Gasteiger partial charge on any atom is 0.261 e. The third-order valence-electron chi connectivity index (χ3n) is 5.57. The standard InChI is InChI=1S/C27H19FN2O3S/c1-33-21-12-6-17(7-13-21)15-30-26(31)23-5-3-2-4-22(23)24(27(30)32)14-20-16-34-25(29-20)18-8-10-19(28)11-9-18/h2-14,16H,15H2,1H3. The number of thiazole rings is 1. The summed E-state index contributed by atoms with van der Waals surface area (Å²) in [4.78, 5) is 32.5. The number of amides is 2. The number of hydrogen-bond acceptors (Lipinski definition) is 5. The largest absolute Gasteiger partial charge is 0.497 e. The van der Waals surface area contributed by atoms with Crippen LogP contribution in [0.1, 0.15) is 27.2 Å². The van der Waals surface area contributed by atoms with Gasteiger partial charge in [-0.2, -0.15) is 0 Å². The van der Waals surface area contributed by atoms with Gasteiger partial charge in [0.2, 0.25) is 0 Å². The lowest BCUT2D eigenvalue weighted by Gasteiger charge is -2.28. The highest BCUT2D eigenvalue weighted by Gasteiger charge is 2.34. The SMILES string of the molecule is COc1ccc(CN2C(=O)C(=Cc3csc(-c4ccc(F)cc4)n3)c3ccccc3C2=O)cc1. The van der Waals surface area contributed by atoms with Crippen LogP contribution in [0.3, 0.4) is 0 Å². The first-order chi connectivity index (χ1) is 16.5. The predicted octanol–water partition coefficient (Wildman–Crippen LogP) is 5.68. The van der Waals surface area contributed by atoms with Crippen molar-refractivity contribution >= 4 is 34.8 Å². The molecule has 0 saturated heterocycles. The van der Waals surface area contributed by atoms with Gasteiger partial charge in [0.05, 0.1) is 24.9 Å². The molecule has 1 aliphatic rings. The Morgan fingerprint density at radius 1 is 0.941 bits per heavy atom. The first-order valence-corrected chi connectivity index (χ1v) is 11.4. The summed E-state index contributed by atoms with van der Waals surface area (Å²) in [5.41, 5.74) is 3.66. The fraction of sp³-hybridized carbons (Fsp3) is 0.0741.